The first-order valence-electron chi connectivity index (χ1n) is 10.7. The Morgan fingerprint density at radius 3 is 2.41 bits per heavy atom. The molecule has 0 aromatic heterocycles. The van der Waals surface area contributed by atoms with E-state index in [2.05, 4.69) is 5.32 Å². The molecule has 1 aliphatic rings. The normalized spacial score (nSPS) is 14.0. The predicted octanol–water partition coefficient (Wildman–Crippen LogP) is 4.87. The smallest absolute Gasteiger partial charge is 0.264 e. The number of rotatable bonds is 7. The first-order valence-corrected chi connectivity index (χ1v) is 12.1. The van der Waals surface area contributed by atoms with Crippen LogP contribution in [0.5, 0.6) is 5.75 Å². The van der Waals surface area contributed by atoms with Crippen LogP contribution in [0.3, 0.4) is 0 Å². The largest absolute Gasteiger partial charge is 0.491 e. The van der Waals surface area contributed by atoms with Gasteiger partial charge in [0.15, 0.2) is 0 Å². The Kier molecular flexibility index (Phi) is 6.19. The van der Waals surface area contributed by atoms with Gasteiger partial charge in [0.25, 0.3) is 15.9 Å². The number of anilines is 2. The van der Waals surface area contributed by atoms with E-state index in [0.29, 0.717) is 30.0 Å². The van der Waals surface area contributed by atoms with Crippen LogP contribution in [0.2, 0.25) is 0 Å². The van der Waals surface area contributed by atoms with Crippen molar-refractivity contribution in [3.05, 3.63) is 83.9 Å². The minimum atomic E-state index is -3.66. The van der Waals surface area contributed by atoms with Crippen LogP contribution in [-0.2, 0) is 16.4 Å². The SMILES string of the molecule is CCC(C)Oc1ccc(C(=O)Nc2ccc(S(=O)(=O)N3CCc4ccccc43)cc2)cc1. The van der Waals surface area contributed by atoms with Gasteiger partial charge in [-0.25, -0.2) is 8.42 Å². The summed E-state index contributed by atoms with van der Waals surface area (Å²) in [5.41, 5.74) is 2.77. The van der Waals surface area contributed by atoms with E-state index in [1.54, 1.807) is 36.4 Å². The third-order valence-electron chi connectivity index (χ3n) is 5.57. The van der Waals surface area contributed by atoms with Gasteiger partial charge in [-0.1, -0.05) is 25.1 Å². The molecule has 0 fully saturated rings. The van der Waals surface area contributed by atoms with E-state index in [-0.39, 0.29) is 16.9 Å². The highest BCUT2D eigenvalue weighted by Gasteiger charge is 2.30. The molecule has 3 aromatic carbocycles. The Morgan fingerprint density at radius 2 is 1.72 bits per heavy atom. The highest BCUT2D eigenvalue weighted by atomic mass is 32.2. The molecule has 0 saturated carbocycles. The standard InChI is InChI=1S/C25H26N2O4S/c1-3-18(2)31-22-12-8-20(9-13-22)25(28)26-21-10-14-23(15-11-21)32(29,30)27-17-16-19-6-4-5-7-24(19)27/h4-15,18H,3,16-17H2,1-2H3,(H,26,28). The van der Waals surface area contributed by atoms with Crippen LogP contribution in [-0.4, -0.2) is 27.0 Å². The Morgan fingerprint density at radius 1 is 1.03 bits per heavy atom. The lowest BCUT2D eigenvalue weighted by molar-refractivity contribution is 0.102. The Bertz CT molecular complexity index is 1210. The maximum atomic E-state index is 13.1. The second kappa shape index (κ2) is 9.04. The molecule has 1 atom stereocenters. The second-order valence-corrected chi connectivity index (χ2v) is 9.66. The topological polar surface area (TPSA) is 75.7 Å². The van der Waals surface area contributed by atoms with Gasteiger partial charge in [-0.3, -0.25) is 9.10 Å². The van der Waals surface area contributed by atoms with Crippen molar-refractivity contribution < 1.29 is 17.9 Å². The fraction of sp³-hybridized carbons (Fsp3) is 0.240. The second-order valence-electron chi connectivity index (χ2n) is 7.80. The first-order chi connectivity index (χ1) is 15.4. The molecule has 1 amide bonds. The average molecular weight is 451 g/mol. The van der Waals surface area contributed by atoms with Crippen LogP contribution in [0.4, 0.5) is 11.4 Å². The van der Waals surface area contributed by atoms with Gasteiger partial charge in [-0.15, -0.1) is 0 Å². The fourth-order valence-electron chi connectivity index (χ4n) is 3.60. The molecule has 0 aliphatic carbocycles. The summed E-state index contributed by atoms with van der Waals surface area (Å²) in [4.78, 5) is 12.7. The van der Waals surface area contributed by atoms with Crippen molar-refractivity contribution in [1.29, 1.82) is 0 Å². The van der Waals surface area contributed by atoms with E-state index in [1.807, 2.05) is 38.1 Å². The number of amides is 1. The van der Waals surface area contributed by atoms with E-state index in [4.69, 9.17) is 4.74 Å². The summed E-state index contributed by atoms with van der Waals surface area (Å²) in [6, 6.07) is 20.7. The van der Waals surface area contributed by atoms with Crippen molar-refractivity contribution in [3.63, 3.8) is 0 Å². The summed E-state index contributed by atoms with van der Waals surface area (Å²) in [6.07, 6.45) is 1.71. The van der Waals surface area contributed by atoms with Crippen molar-refractivity contribution in [2.75, 3.05) is 16.2 Å². The summed E-state index contributed by atoms with van der Waals surface area (Å²) in [6.45, 7) is 4.47. The van der Waals surface area contributed by atoms with Gasteiger partial charge in [0.1, 0.15) is 5.75 Å². The van der Waals surface area contributed by atoms with E-state index in [0.717, 1.165) is 17.7 Å². The number of para-hydroxylation sites is 1. The molecule has 1 N–H and O–H groups in total. The molecule has 0 radical (unpaired) electrons. The summed E-state index contributed by atoms with van der Waals surface area (Å²) in [7, 11) is -3.66. The summed E-state index contributed by atoms with van der Waals surface area (Å²) >= 11 is 0. The Labute approximate surface area is 188 Å². The Balaban J connectivity index is 1.44. The van der Waals surface area contributed by atoms with Crippen LogP contribution < -0.4 is 14.4 Å². The molecule has 166 valence electrons. The molecule has 6 nitrogen and oxygen atoms in total. The number of ether oxygens (including phenoxy) is 1. The Hall–Kier alpha value is -3.32. The zero-order chi connectivity index (χ0) is 22.7. The first kappa shape index (κ1) is 21.9. The number of nitrogens with zero attached hydrogens (tertiary/aromatic N) is 1. The van der Waals surface area contributed by atoms with Crippen LogP contribution >= 0.6 is 0 Å². The van der Waals surface area contributed by atoms with Gasteiger partial charge in [0.05, 0.1) is 16.7 Å². The van der Waals surface area contributed by atoms with Crippen LogP contribution in [0.15, 0.2) is 77.7 Å². The molecule has 3 aromatic rings. The number of nitrogens with one attached hydrogen (secondary N) is 1. The number of hydrogen-bond acceptors (Lipinski definition) is 4. The molecule has 7 heteroatoms. The quantitative estimate of drug-likeness (QED) is 0.557. The van der Waals surface area contributed by atoms with Crippen molar-refractivity contribution in [3.8, 4) is 5.75 Å². The molecule has 0 bridgehead atoms. The molecule has 32 heavy (non-hydrogen) atoms. The number of fused-ring (bicyclic) bond motifs is 1. The lowest BCUT2D eigenvalue weighted by Gasteiger charge is -2.19. The summed E-state index contributed by atoms with van der Waals surface area (Å²) in [5.74, 6) is 0.443. The minimum absolute atomic E-state index is 0.110. The van der Waals surface area contributed by atoms with Gasteiger partial charge < -0.3 is 10.1 Å². The molecular formula is C25H26N2O4S. The number of hydrogen-bond donors (Lipinski definition) is 1. The predicted molar refractivity (Wildman–Crippen MR) is 126 cm³/mol. The minimum Gasteiger partial charge on any atom is -0.491 e. The zero-order valence-corrected chi connectivity index (χ0v) is 18.9. The highest BCUT2D eigenvalue weighted by molar-refractivity contribution is 7.92. The number of carbonyl (C=O) groups excluding carboxylic acids is 1. The number of carbonyl (C=O) groups is 1. The zero-order valence-electron chi connectivity index (χ0n) is 18.1. The number of benzene rings is 3. The van der Waals surface area contributed by atoms with E-state index in [9.17, 15) is 13.2 Å². The lowest BCUT2D eigenvalue weighted by atomic mass is 10.2. The number of sulfonamides is 1. The van der Waals surface area contributed by atoms with Crippen LogP contribution in [0.1, 0.15) is 36.2 Å². The van der Waals surface area contributed by atoms with E-state index < -0.39 is 10.0 Å². The van der Waals surface area contributed by atoms with Crippen molar-refractivity contribution in [1.82, 2.24) is 0 Å². The van der Waals surface area contributed by atoms with E-state index >= 15 is 0 Å². The van der Waals surface area contributed by atoms with E-state index in [1.165, 1.54) is 16.4 Å². The van der Waals surface area contributed by atoms with Crippen LogP contribution in [0, 0.1) is 0 Å². The van der Waals surface area contributed by atoms with Gasteiger partial charge in [-0.05, 0) is 79.9 Å². The van der Waals surface area contributed by atoms with Gasteiger partial charge in [0, 0.05) is 17.8 Å². The maximum absolute atomic E-state index is 13.1. The summed E-state index contributed by atoms with van der Waals surface area (Å²) in [5, 5.41) is 2.81. The third kappa shape index (κ3) is 4.48. The molecule has 1 aliphatic heterocycles. The highest BCUT2D eigenvalue weighted by Crippen LogP contribution is 2.32. The van der Waals surface area contributed by atoms with Gasteiger partial charge >= 0.3 is 0 Å². The van der Waals surface area contributed by atoms with Crippen LogP contribution in [0.25, 0.3) is 0 Å². The monoisotopic (exact) mass is 450 g/mol. The molecule has 0 spiro atoms. The van der Waals surface area contributed by atoms with Crippen molar-refractivity contribution >= 4 is 27.3 Å². The molecular weight excluding hydrogens is 424 g/mol. The lowest BCUT2D eigenvalue weighted by Crippen LogP contribution is -2.29. The fourth-order valence-corrected chi connectivity index (χ4v) is 5.10. The van der Waals surface area contributed by atoms with Gasteiger partial charge in [0.2, 0.25) is 0 Å². The molecule has 1 heterocycles. The molecule has 4 rings (SSSR count). The summed E-state index contributed by atoms with van der Waals surface area (Å²) < 4.78 is 33.4. The maximum Gasteiger partial charge on any atom is 0.264 e. The van der Waals surface area contributed by atoms with Crippen molar-refractivity contribution in [2.45, 2.75) is 37.7 Å². The molecule has 1 unspecified atom stereocenters. The van der Waals surface area contributed by atoms with Crippen molar-refractivity contribution in [2.24, 2.45) is 0 Å². The average Bonchev–Trinajstić information content (AvgIpc) is 3.25. The third-order valence-corrected chi connectivity index (χ3v) is 7.40. The molecule has 0 saturated heterocycles. The van der Waals surface area contributed by atoms with Gasteiger partial charge in [-0.2, -0.15) is 0 Å².